The molecule has 1 fully saturated rings. The molecule has 0 aromatic carbocycles. The Morgan fingerprint density at radius 2 is 1.65 bits per heavy atom. The van der Waals surface area contributed by atoms with Crippen LogP contribution in [0.15, 0.2) is 0 Å². The monoisotopic (exact) mass is 328 g/mol. The molecule has 0 spiro atoms. The molecule has 20 heavy (non-hydrogen) atoms. The number of ether oxygens (including phenoxy) is 1. The molecule has 1 rings (SSSR count). The Bertz CT molecular complexity index is 358. The first-order valence-corrected chi connectivity index (χ1v) is 7.04. The topological polar surface area (TPSA) is 122 Å². The van der Waals surface area contributed by atoms with Gasteiger partial charge in [0, 0.05) is 10.8 Å². The summed E-state index contributed by atoms with van der Waals surface area (Å²) < 4.78 is 20.3. The van der Waals surface area contributed by atoms with Crippen molar-refractivity contribution < 1.29 is 92.9 Å². The van der Waals surface area contributed by atoms with Gasteiger partial charge in [0.15, 0.2) is 6.29 Å². The summed E-state index contributed by atoms with van der Waals surface area (Å²) in [6, 6.07) is 0. The van der Waals surface area contributed by atoms with Crippen LogP contribution < -0.4 is 68.9 Å². The minimum atomic E-state index is -5.24. The molecule has 0 bridgehead atoms. The quantitative estimate of drug-likeness (QED) is 0.390. The molecule has 0 amide bonds. The van der Waals surface area contributed by atoms with Crippen molar-refractivity contribution in [3.8, 4) is 0 Å². The summed E-state index contributed by atoms with van der Waals surface area (Å²) in [4.78, 5) is 21.4. The molecule has 3 atom stereocenters. The van der Waals surface area contributed by atoms with Crippen molar-refractivity contribution in [1.82, 2.24) is 0 Å². The normalized spacial score (nSPS) is 31.9. The van der Waals surface area contributed by atoms with Crippen molar-refractivity contribution in [2.45, 2.75) is 46.2 Å². The minimum absolute atomic E-state index is 0. The Balaban J connectivity index is 0. The molecule has 7 nitrogen and oxygen atoms in total. The SMILES string of the molecule is CC1(C)C(CO)OC(OP(=O)([O-])[O-])C(C)(C)C1O.[Na+].[Na+]. The first kappa shape index (κ1) is 24.2. The van der Waals surface area contributed by atoms with Crippen molar-refractivity contribution >= 4 is 7.82 Å². The summed E-state index contributed by atoms with van der Waals surface area (Å²) in [5.41, 5.74) is -1.90. The third-order valence-corrected chi connectivity index (χ3v) is 3.98. The zero-order valence-electron chi connectivity index (χ0n) is 12.8. The van der Waals surface area contributed by atoms with Crippen LogP contribution in [-0.4, -0.2) is 35.3 Å². The van der Waals surface area contributed by atoms with Gasteiger partial charge in [-0.2, -0.15) is 0 Å². The van der Waals surface area contributed by atoms with E-state index in [1.165, 1.54) is 13.8 Å². The maximum absolute atomic E-state index is 10.7. The van der Waals surface area contributed by atoms with Gasteiger partial charge in [0.1, 0.15) is 0 Å². The second-order valence-electron chi connectivity index (χ2n) is 5.74. The number of aliphatic hydroxyl groups excluding tert-OH is 2. The fourth-order valence-corrected chi connectivity index (χ4v) is 2.88. The van der Waals surface area contributed by atoms with Crippen molar-refractivity contribution in [2.75, 3.05) is 6.61 Å². The summed E-state index contributed by atoms with van der Waals surface area (Å²) in [7, 11) is -5.24. The molecule has 0 aromatic heterocycles. The van der Waals surface area contributed by atoms with E-state index in [4.69, 9.17) is 4.74 Å². The predicted molar refractivity (Wildman–Crippen MR) is 58.0 cm³/mol. The minimum Gasteiger partial charge on any atom is -0.790 e. The third kappa shape index (κ3) is 5.27. The van der Waals surface area contributed by atoms with E-state index in [2.05, 4.69) is 4.52 Å². The smallest absolute Gasteiger partial charge is 0.790 e. The molecule has 2 N–H and O–H groups in total. The molecular formula is C10H19Na2O7P. The van der Waals surface area contributed by atoms with E-state index in [9.17, 15) is 24.6 Å². The molecule has 10 heteroatoms. The zero-order chi connectivity index (χ0) is 14.4. The molecule has 1 heterocycles. The molecule has 1 aliphatic rings. The van der Waals surface area contributed by atoms with E-state index >= 15 is 0 Å². The van der Waals surface area contributed by atoms with Gasteiger partial charge >= 0.3 is 59.1 Å². The number of phosphoric ester groups is 1. The zero-order valence-corrected chi connectivity index (χ0v) is 17.7. The van der Waals surface area contributed by atoms with E-state index in [1.807, 2.05) is 0 Å². The number of rotatable bonds is 3. The van der Waals surface area contributed by atoms with Crippen molar-refractivity contribution in [1.29, 1.82) is 0 Å². The van der Waals surface area contributed by atoms with E-state index < -0.39 is 43.8 Å². The maximum Gasteiger partial charge on any atom is 1.00 e. The fraction of sp³-hybridized carbons (Fsp3) is 1.00. The molecule has 1 saturated heterocycles. The molecule has 3 unspecified atom stereocenters. The summed E-state index contributed by atoms with van der Waals surface area (Å²) in [5, 5.41) is 19.5. The van der Waals surface area contributed by atoms with Gasteiger partial charge < -0.3 is 33.8 Å². The van der Waals surface area contributed by atoms with Gasteiger partial charge in [-0.3, -0.25) is 0 Å². The average Bonchev–Trinajstić information content (AvgIpc) is 2.18. The van der Waals surface area contributed by atoms with Gasteiger partial charge in [-0.05, 0) is 0 Å². The van der Waals surface area contributed by atoms with E-state index in [0.29, 0.717) is 0 Å². The molecule has 0 aromatic rings. The Hall–Kier alpha value is 1.99. The second-order valence-corrected chi connectivity index (χ2v) is 6.84. The molecular weight excluding hydrogens is 309 g/mol. The average molecular weight is 328 g/mol. The number of hydrogen-bond donors (Lipinski definition) is 2. The molecule has 0 radical (unpaired) electrons. The van der Waals surface area contributed by atoms with Crippen LogP contribution in [0.3, 0.4) is 0 Å². The van der Waals surface area contributed by atoms with Crippen LogP contribution >= 0.6 is 7.82 Å². The summed E-state index contributed by atoms with van der Waals surface area (Å²) >= 11 is 0. The van der Waals surface area contributed by atoms with Gasteiger partial charge in [0.25, 0.3) is 0 Å². The van der Waals surface area contributed by atoms with Crippen LogP contribution in [0.5, 0.6) is 0 Å². The van der Waals surface area contributed by atoms with Crippen LogP contribution in [0.1, 0.15) is 27.7 Å². The van der Waals surface area contributed by atoms with Crippen LogP contribution in [0.4, 0.5) is 0 Å². The second kappa shape index (κ2) is 8.20. The Morgan fingerprint density at radius 1 is 1.20 bits per heavy atom. The fourth-order valence-electron chi connectivity index (χ4n) is 2.32. The first-order chi connectivity index (χ1) is 7.93. The van der Waals surface area contributed by atoms with Crippen LogP contribution in [0, 0.1) is 10.8 Å². The first-order valence-electron chi connectivity index (χ1n) is 5.57. The third-order valence-electron chi connectivity index (χ3n) is 3.53. The Morgan fingerprint density at radius 3 is 2.00 bits per heavy atom. The summed E-state index contributed by atoms with van der Waals surface area (Å²) in [6.07, 6.45) is -3.25. The van der Waals surface area contributed by atoms with Crippen molar-refractivity contribution in [3.63, 3.8) is 0 Å². The number of phosphoric acid groups is 1. The van der Waals surface area contributed by atoms with Crippen LogP contribution in [0.25, 0.3) is 0 Å². The maximum atomic E-state index is 10.7. The van der Waals surface area contributed by atoms with Gasteiger partial charge in [-0.15, -0.1) is 0 Å². The molecule has 0 aliphatic carbocycles. The van der Waals surface area contributed by atoms with Crippen molar-refractivity contribution in [2.24, 2.45) is 10.8 Å². The number of hydrogen-bond acceptors (Lipinski definition) is 7. The van der Waals surface area contributed by atoms with E-state index in [0.717, 1.165) is 0 Å². The predicted octanol–water partition coefficient (Wildman–Crippen LogP) is -7.03. The molecule has 1 aliphatic heterocycles. The van der Waals surface area contributed by atoms with Gasteiger partial charge in [-0.25, -0.2) is 0 Å². The largest absolute Gasteiger partial charge is 1.00 e. The number of aliphatic hydroxyl groups is 2. The molecule has 108 valence electrons. The van der Waals surface area contributed by atoms with Gasteiger partial charge in [0.2, 0.25) is 0 Å². The van der Waals surface area contributed by atoms with E-state index in [1.54, 1.807) is 13.8 Å². The van der Waals surface area contributed by atoms with Crippen molar-refractivity contribution in [3.05, 3.63) is 0 Å². The van der Waals surface area contributed by atoms with Crippen LogP contribution in [-0.2, 0) is 13.8 Å². The Labute approximate surface area is 163 Å². The molecule has 0 saturated carbocycles. The summed E-state index contributed by atoms with van der Waals surface area (Å²) in [6.45, 7) is 6.03. The van der Waals surface area contributed by atoms with Crippen LogP contribution in [0.2, 0.25) is 0 Å². The standard InChI is InChI=1S/C10H21O7P.2Na/c1-9(2)6(5-11)16-8(17-18(13,14)15)10(3,4)7(9)12;;/h6-8,11-12H,5H2,1-4H3,(H2,13,14,15);;/q;2*+1/p-2. The van der Waals surface area contributed by atoms with Gasteiger partial charge in [0.05, 0.1) is 26.6 Å². The summed E-state index contributed by atoms with van der Waals surface area (Å²) in [5.74, 6) is 0. The van der Waals surface area contributed by atoms with E-state index in [-0.39, 0.29) is 59.1 Å². The van der Waals surface area contributed by atoms with Gasteiger partial charge in [-0.1, -0.05) is 27.7 Å². The Kier molecular flexibility index (Phi) is 9.94.